The zero-order valence-corrected chi connectivity index (χ0v) is 60.6. The Kier molecular flexibility index (Phi) is 59.4. The third kappa shape index (κ3) is 63.5. The minimum absolute atomic E-state index is 0.102. The summed E-state index contributed by atoms with van der Waals surface area (Å²) >= 11 is 0. The van der Waals surface area contributed by atoms with Crippen molar-refractivity contribution >= 4 is 39.5 Å². The Balaban J connectivity index is 5.24. The van der Waals surface area contributed by atoms with Crippen molar-refractivity contribution in [1.82, 2.24) is 0 Å². The number of carbonyl (C=O) groups excluding carboxylic acids is 4. The van der Waals surface area contributed by atoms with Gasteiger partial charge >= 0.3 is 39.5 Å². The summed E-state index contributed by atoms with van der Waals surface area (Å²) in [5.74, 6) is 0.851. The topological polar surface area (TPSA) is 237 Å². The molecule has 0 rings (SSSR count). The molecule has 534 valence electrons. The SMILES string of the molecule is CCC(C)CCCCCCCCC(=O)O[C@H](COC(=O)CCCCCCCCCC(C)C)COP(=O)(O)OCC(O)COP(=O)(O)OC[C@@H](COC(=O)CCCCCCCCCCCCCCCC(C)C)OC(=O)CCCCCCCCCCCCCC(C)C. The zero-order valence-electron chi connectivity index (χ0n) is 58.8. The first-order valence-corrected chi connectivity index (χ1v) is 39.7. The van der Waals surface area contributed by atoms with Crippen molar-refractivity contribution in [2.45, 2.75) is 369 Å². The van der Waals surface area contributed by atoms with E-state index >= 15 is 0 Å². The van der Waals surface area contributed by atoms with Gasteiger partial charge in [0, 0.05) is 25.7 Å². The average molecular weight is 1330 g/mol. The highest BCUT2D eigenvalue weighted by molar-refractivity contribution is 7.47. The summed E-state index contributed by atoms with van der Waals surface area (Å²) in [5.41, 5.74) is 0. The summed E-state index contributed by atoms with van der Waals surface area (Å²) in [4.78, 5) is 72.6. The molecule has 0 aliphatic rings. The third-order valence-electron chi connectivity index (χ3n) is 16.7. The van der Waals surface area contributed by atoms with Gasteiger partial charge in [0.1, 0.15) is 19.3 Å². The van der Waals surface area contributed by atoms with Crippen molar-refractivity contribution in [3.8, 4) is 0 Å². The molecule has 0 aromatic rings. The normalized spacial score (nSPS) is 14.6. The van der Waals surface area contributed by atoms with E-state index in [2.05, 4.69) is 55.4 Å². The van der Waals surface area contributed by atoms with Crippen molar-refractivity contribution in [2.75, 3.05) is 39.6 Å². The maximum Gasteiger partial charge on any atom is 0.472 e. The first kappa shape index (κ1) is 88.1. The second kappa shape index (κ2) is 60.7. The number of carbonyl (C=O) groups is 4. The van der Waals surface area contributed by atoms with Crippen LogP contribution in [0.25, 0.3) is 0 Å². The molecule has 0 aromatic heterocycles. The second-order valence-electron chi connectivity index (χ2n) is 27.3. The highest BCUT2D eigenvalue weighted by atomic mass is 31.2. The van der Waals surface area contributed by atoms with Crippen molar-refractivity contribution in [2.24, 2.45) is 23.7 Å². The molecule has 0 saturated heterocycles. The van der Waals surface area contributed by atoms with Gasteiger partial charge in [-0.25, -0.2) is 9.13 Å². The Morgan fingerprint density at radius 2 is 0.533 bits per heavy atom. The van der Waals surface area contributed by atoms with Crippen LogP contribution >= 0.6 is 15.6 Å². The molecule has 4 unspecified atom stereocenters. The van der Waals surface area contributed by atoms with Crippen LogP contribution in [0.5, 0.6) is 0 Å². The summed E-state index contributed by atoms with van der Waals surface area (Å²) in [6.07, 6.45) is 43.2. The standard InChI is InChI=1S/C71H138O17P2/c1-9-64(8)50-42-34-29-30-38-46-54-71(76)88-67(58-82-69(74)52-44-36-28-22-25-33-41-49-63(6)7)60-86-90(79,80)84-56-65(72)55-83-89(77,78)85-59-66(87-70(75)53-45-37-27-21-17-13-15-19-24-32-40-48-62(4)5)57-81-68(73)51-43-35-26-20-16-12-10-11-14-18-23-31-39-47-61(2)3/h61-67,72H,9-60H2,1-8H3,(H,77,78)(H,79,80)/t64?,65?,66-,67-/m1/s1. The van der Waals surface area contributed by atoms with E-state index in [-0.39, 0.29) is 25.7 Å². The summed E-state index contributed by atoms with van der Waals surface area (Å²) in [7, 11) is -9.90. The average Bonchev–Trinajstić information content (AvgIpc) is 3.24. The number of hydrogen-bond acceptors (Lipinski definition) is 15. The van der Waals surface area contributed by atoms with Crippen LogP contribution in [0.4, 0.5) is 0 Å². The number of hydrogen-bond donors (Lipinski definition) is 3. The molecular weight excluding hydrogens is 1190 g/mol. The lowest BCUT2D eigenvalue weighted by Gasteiger charge is -2.21. The molecule has 0 fully saturated rings. The minimum atomic E-state index is -4.95. The largest absolute Gasteiger partial charge is 0.472 e. The Morgan fingerprint density at radius 1 is 0.311 bits per heavy atom. The Bertz CT molecular complexity index is 1780. The lowest BCUT2D eigenvalue weighted by Crippen LogP contribution is -2.30. The number of phosphoric ester groups is 2. The summed E-state index contributed by atoms with van der Waals surface area (Å²) in [5, 5.41) is 10.6. The molecule has 0 aliphatic heterocycles. The summed E-state index contributed by atoms with van der Waals surface area (Å²) in [6.45, 7) is 14.1. The fraction of sp³-hybridized carbons (Fsp3) is 0.944. The highest BCUT2D eigenvalue weighted by Crippen LogP contribution is 2.45. The number of aliphatic hydroxyl groups excluding tert-OH is 1. The number of rotatable bonds is 68. The van der Waals surface area contributed by atoms with Gasteiger partial charge in [0.25, 0.3) is 0 Å². The predicted molar refractivity (Wildman–Crippen MR) is 363 cm³/mol. The lowest BCUT2D eigenvalue weighted by molar-refractivity contribution is -0.161. The van der Waals surface area contributed by atoms with Crippen LogP contribution in [0.1, 0.15) is 351 Å². The molecule has 90 heavy (non-hydrogen) atoms. The van der Waals surface area contributed by atoms with E-state index in [1.165, 1.54) is 148 Å². The molecule has 0 spiro atoms. The predicted octanol–water partition coefficient (Wildman–Crippen LogP) is 20.1. The van der Waals surface area contributed by atoms with Gasteiger partial charge in [-0.2, -0.15) is 0 Å². The van der Waals surface area contributed by atoms with E-state index < -0.39 is 97.5 Å². The van der Waals surface area contributed by atoms with Crippen LogP contribution in [-0.4, -0.2) is 96.7 Å². The van der Waals surface area contributed by atoms with Gasteiger partial charge in [-0.3, -0.25) is 37.3 Å². The van der Waals surface area contributed by atoms with E-state index in [1.54, 1.807) is 0 Å². The Morgan fingerprint density at radius 3 is 0.789 bits per heavy atom. The fourth-order valence-corrected chi connectivity index (χ4v) is 12.2. The zero-order chi connectivity index (χ0) is 66.8. The monoisotopic (exact) mass is 1320 g/mol. The van der Waals surface area contributed by atoms with Gasteiger partial charge in [-0.1, -0.05) is 299 Å². The fourth-order valence-electron chi connectivity index (χ4n) is 10.6. The Hall–Kier alpha value is -1.94. The molecule has 0 heterocycles. The first-order valence-electron chi connectivity index (χ1n) is 36.7. The summed E-state index contributed by atoms with van der Waals surface area (Å²) in [6, 6.07) is 0. The number of aliphatic hydroxyl groups is 1. The molecule has 0 saturated carbocycles. The smallest absolute Gasteiger partial charge is 0.462 e. The van der Waals surface area contributed by atoms with Gasteiger partial charge in [-0.05, 0) is 49.4 Å². The van der Waals surface area contributed by atoms with Crippen LogP contribution in [0.3, 0.4) is 0 Å². The molecule has 17 nitrogen and oxygen atoms in total. The number of phosphoric acid groups is 2. The van der Waals surface area contributed by atoms with Gasteiger partial charge < -0.3 is 33.8 Å². The van der Waals surface area contributed by atoms with Crippen molar-refractivity contribution < 1.29 is 80.2 Å². The molecule has 0 aromatic carbocycles. The van der Waals surface area contributed by atoms with Crippen molar-refractivity contribution in [3.05, 3.63) is 0 Å². The van der Waals surface area contributed by atoms with E-state index in [0.717, 1.165) is 114 Å². The van der Waals surface area contributed by atoms with E-state index in [0.29, 0.717) is 31.6 Å². The molecule has 19 heteroatoms. The van der Waals surface area contributed by atoms with Gasteiger partial charge in [0.2, 0.25) is 0 Å². The molecule has 6 atom stereocenters. The first-order chi connectivity index (χ1) is 43.1. The van der Waals surface area contributed by atoms with Gasteiger partial charge in [-0.15, -0.1) is 0 Å². The van der Waals surface area contributed by atoms with Crippen LogP contribution in [-0.2, 0) is 65.4 Å². The van der Waals surface area contributed by atoms with Gasteiger partial charge in [0.05, 0.1) is 26.4 Å². The van der Waals surface area contributed by atoms with Crippen molar-refractivity contribution in [3.63, 3.8) is 0 Å². The van der Waals surface area contributed by atoms with Crippen LogP contribution in [0.2, 0.25) is 0 Å². The lowest BCUT2D eigenvalue weighted by atomic mass is 10.00. The quantitative estimate of drug-likeness (QED) is 0.0222. The van der Waals surface area contributed by atoms with Crippen LogP contribution in [0.15, 0.2) is 0 Å². The minimum Gasteiger partial charge on any atom is -0.462 e. The summed E-state index contributed by atoms with van der Waals surface area (Å²) < 4.78 is 68.3. The molecule has 3 N–H and O–H groups in total. The maximum atomic E-state index is 13.0. The number of ether oxygens (including phenoxy) is 4. The molecule has 0 bridgehead atoms. The molecule has 0 aliphatic carbocycles. The number of esters is 4. The van der Waals surface area contributed by atoms with E-state index in [9.17, 15) is 43.2 Å². The third-order valence-corrected chi connectivity index (χ3v) is 18.6. The van der Waals surface area contributed by atoms with E-state index in [1.807, 2.05) is 0 Å². The highest BCUT2D eigenvalue weighted by Gasteiger charge is 2.30. The van der Waals surface area contributed by atoms with Gasteiger partial charge in [0.15, 0.2) is 12.2 Å². The number of unbranched alkanes of at least 4 members (excludes halogenated alkanes) is 33. The molecule has 0 amide bonds. The molecular formula is C71H138O17P2. The second-order valence-corrected chi connectivity index (χ2v) is 30.2. The maximum absolute atomic E-state index is 13.0. The molecule has 0 radical (unpaired) electrons. The Labute approximate surface area is 549 Å². The van der Waals surface area contributed by atoms with Crippen LogP contribution in [0, 0.1) is 23.7 Å². The van der Waals surface area contributed by atoms with Crippen LogP contribution < -0.4 is 0 Å². The van der Waals surface area contributed by atoms with Crippen molar-refractivity contribution in [1.29, 1.82) is 0 Å². The van der Waals surface area contributed by atoms with E-state index in [4.69, 9.17) is 37.0 Å².